The molecular weight excluding hydrogens is 352 g/mol. The molecule has 4 aliphatic carbocycles. The molecule has 4 heteroatoms. The monoisotopic (exact) mass is 390 g/mol. The summed E-state index contributed by atoms with van der Waals surface area (Å²) in [4.78, 5) is 24.4. The first-order chi connectivity index (χ1) is 13.2. The van der Waals surface area contributed by atoms with Crippen molar-refractivity contribution in [2.75, 3.05) is 0 Å². The fraction of sp³-hybridized carbons (Fsp3) is 0.917. The SMILES string of the molecule is CC(CCC(=O)O)C1CCC2C3C(=O)C[C@@H]4C[C@H](O)CCC4(C)C3CCC12C. The van der Waals surface area contributed by atoms with E-state index in [0.717, 1.165) is 44.9 Å². The molecule has 7 unspecified atom stereocenters. The molecule has 9 atom stereocenters. The van der Waals surface area contributed by atoms with Crippen LogP contribution in [0, 0.1) is 46.3 Å². The van der Waals surface area contributed by atoms with Crippen molar-refractivity contribution in [2.24, 2.45) is 46.3 Å². The van der Waals surface area contributed by atoms with Crippen LogP contribution in [0.15, 0.2) is 0 Å². The number of carboxylic acid groups (broad SMARTS) is 1. The summed E-state index contributed by atoms with van der Waals surface area (Å²) in [7, 11) is 0. The summed E-state index contributed by atoms with van der Waals surface area (Å²) in [5, 5.41) is 19.3. The molecule has 4 fully saturated rings. The van der Waals surface area contributed by atoms with Gasteiger partial charge >= 0.3 is 5.97 Å². The highest BCUT2D eigenvalue weighted by Gasteiger charge is 2.62. The highest BCUT2D eigenvalue weighted by atomic mass is 16.4. The third-order valence-electron chi connectivity index (χ3n) is 10.0. The second-order valence-corrected chi connectivity index (χ2v) is 11.2. The van der Waals surface area contributed by atoms with Gasteiger partial charge in [-0.2, -0.15) is 0 Å². The standard InChI is InChI=1S/C24H38O4/c1-14(4-7-21(27)28)17-5-6-18-22-19(9-11-24(17,18)3)23(2)10-8-16(25)12-15(23)13-20(22)26/h14-19,22,25H,4-13H2,1-3H3,(H,27,28)/t14?,15-,16+,17?,18?,19?,22?,23?,24?/m0/s1. The van der Waals surface area contributed by atoms with Gasteiger partial charge in [0.15, 0.2) is 0 Å². The summed E-state index contributed by atoms with van der Waals surface area (Å²) in [6, 6.07) is 0. The molecule has 0 amide bonds. The largest absolute Gasteiger partial charge is 0.481 e. The number of aliphatic hydroxyl groups is 1. The van der Waals surface area contributed by atoms with Gasteiger partial charge in [-0.1, -0.05) is 20.8 Å². The number of hydrogen-bond donors (Lipinski definition) is 2. The molecule has 0 aromatic carbocycles. The molecule has 0 bridgehead atoms. The number of rotatable bonds is 4. The number of carboxylic acids is 1. The van der Waals surface area contributed by atoms with Gasteiger partial charge in [0.1, 0.15) is 5.78 Å². The van der Waals surface area contributed by atoms with E-state index in [-0.39, 0.29) is 29.3 Å². The normalized spacial score (nSPS) is 49.1. The highest BCUT2D eigenvalue weighted by Crippen LogP contribution is 2.67. The Kier molecular flexibility index (Phi) is 5.17. The number of aliphatic hydroxyl groups excluding tert-OH is 1. The molecule has 0 saturated heterocycles. The zero-order chi connectivity index (χ0) is 20.3. The minimum atomic E-state index is -0.698. The van der Waals surface area contributed by atoms with E-state index in [4.69, 9.17) is 5.11 Å². The van der Waals surface area contributed by atoms with Gasteiger partial charge in [-0.05, 0) is 91.8 Å². The van der Waals surface area contributed by atoms with E-state index in [0.29, 0.717) is 41.8 Å². The maximum absolute atomic E-state index is 13.3. The number of hydrogen-bond acceptors (Lipinski definition) is 3. The van der Waals surface area contributed by atoms with E-state index < -0.39 is 5.97 Å². The lowest BCUT2D eigenvalue weighted by Crippen LogP contribution is -2.57. The summed E-state index contributed by atoms with van der Waals surface area (Å²) in [6.45, 7) is 7.06. The molecule has 0 aliphatic heterocycles. The Balaban J connectivity index is 1.56. The van der Waals surface area contributed by atoms with E-state index in [1.165, 1.54) is 6.42 Å². The van der Waals surface area contributed by atoms with Gasteiger partial charge in [-0.3, -0.25) is 9.59 Å². The molecule has 0 aromatic rings. The summed E-state index contributed by atoms with van der Waals surface area (Å²) >= 11 is 0. The molecule has 0 radical (unpaired) electrons. The van der Waals surface area contributed by atoms with Crippen molar-refractivity contribution in [3.8, 4) is 0 Å². The maximum Gasteiger partial charge on any atom is 0.303 e. The first kappa shape index (κ1) is 20.4. The van der Waals surface area contributed by atoms with Crippen molar-refractivity contribution in [2.45, 2.75) is 91.1 Å². The zero-order valence-electron chi connectivity index (χ0n) is 17.8. The lowest BCUT2D eigenvalue weighted by molar-refractivity contribution is -0.160. The van der Waals surface area contributed by atoms with Crippen LogP contribution in [0.4, 0.5) is 0 Å². The zero-order valence-corrected chi connectivity index (χ0v) is 17.8. The fourth-order valence-corrected chi connectivity index (χ4v) is 8.44. The number of aliphatic carboxylic acids is 1. The van der Waals surface area contributed by atoms with Crippen LogP contribution in [0.5, 0.6) is 0 Å². The van der Waals surface area contributed by atoms with Gasteiger partial charge in [0.25, 0.3) is 0 Å². The van der Waals surface area contributed by atoms with E-state index >= 15 is 0 Å². The van der Waals surface area contributed by atoms with Crippen molar-refractivity contribution in [1.29, 1.82) is 0 Å². The minimum Gasteiger partial charge on any atom is -0.481 e. The van der Waals surface area contributed by atoms with Gasteiger partial charge in [-0.15, -0.1) is 0 Å². The number of carbonyl (C=O) groups is 2. The van der Waals surface area contributed by atoms with E-state index in [2.05, 4.69) is 20.8 Å². The van der Waals surface area contributed by atoms with Crippen LogP contribution < -0.4 is 0 Å². The van der Waals surface area contributed by atoms with Gasteiger partial charge in [0, 0.05) is 18.8 Å². The van der Waals surface area contributed by atoms with Crippen molar-refractivity contribution < 1.29 is 19.8 Å². The lowest BCUT2D eigenvalue weighted by Gasteiger charge is -2.60. The lowest BCUT2D eigenvalue weighted by atomic mass is 9.44. The third-order valence-corrected chi connectivity index (χ3v) is 10.0. The average molecular weight is 391 g/mol. The quantitative estimate of drug-likeness (QED) is 0.730. The van der Waals surface area contributed by atoms with Gasteiger partial charge in [0.05, 0.1) is 6.10 Å². The molecule has 4 saturated carbocycles. The molecule has 0 aromatic heterocycles. The summed E-state index contributed by atoms with van der Waals surface area (Å²) in [5.41, 5.74) is 0.401. The Morgan fingerprint density at radius 1 is 1.11 bits per heavy atom. The van der Waals surface area contributed by atoms with Crippen molar-refractivity contribution in [1.82, 2.24) is 0 Å². The van der Waals surface area contributed by atoms with Crippen molar-refractivity contribution in [3.05, 3.63) is 0 Å². The van der Waals surface area contributed by atoms with E-state index in [9.17, 15) is 14.7 Å². The Morgan fingerprint density at radius 3 is 2.50 bits per heavy atom. The highest BCUT2D eigenvalue weighted by molar-refractivity contribution is 5.83. The van der Waals surface area contributed by atoms with Gasteiger partial charge < -0.3 is 10.2 Å². The summed E-state index contributed by atoms with van der Waals surface area (Å²) in [5.74, 6) is 2.25. The van der Waals surface area contributed by atoms with E-state index in [1.807, 2.05) is 0 Å². The van der Waals surface area contributed by atoms with Gasteiger partial charge in [-0.25, -0.2) is 0 Å². The first-order valence-corrected chi connectivity index (χ1v) is 11.6. The van der Waals surface area contributed by atoms with E-state index in [1.54, 1.807) is 0 Å². The molecule has 158 valence electrons. The third kappa shape index (κ3) is 3.05. The Bertz CT molecular complexity index is 645. The van der Waals surface area contributed by atoms with Crippen LogP contribution in [0.25, 0.3) is 0 Å². The predicted octanol–water partition coefficient (Wildman–Crippen LogP) is 4.69. The summed E-state index contributed by atoms with van der Waals surface area (Å²) < 4.78 is 0. The molecular formula is C24H38O4. The maximum atomic E-state index is 13.3. The Hall–Kier alpha value is -0.900. The van der Waals surface area contributed by atoms with Crippen molar-refractivity contribution in [3.63, 3.8) is 0 Å². The van der Waals surface area contributed by atoms with Crippen LogP contribution in [0.1, 0.15) is 85.0 Å². The molecule has 4 nitrogen and oxygen atoms in total. The fourth-order valence-electron chi connectivity index (χ4n) is 8.44. The Morgan fingerprint density at radius 2 is 1.79 bits per heavy atom. The Labute approximate surface area is 169 Å². The molecule has 2 N–H and O–H groups in total. The summed E-state index contributed by atoms with van der Waals surface area (Å²) in [6.07, 6.45) is 8.81. The topological polar surface area (TPSA) is 74.6 Å². The predicted molar refractivity (Wildman–Crippen MR) is 108 cm³/mol. The van der Waals surface area contributed by atoms with Crippen molar-refractivity contribution >= 4 is 11.8 Å². The average Bonchev–Trinajstić information content (AvgIpc) is 2.98. The number of fused-ring (bicyclic) bond motifs is 5. The molecule has 0 heterocycles. The smallest absolute Gasteiger partial charge is 0.303 e. The van der Waals surface area contributed by atoms with Crippen LogP contribution >= 0.6 is 0 Å². The second kappa shape index (κ2) is 7.11. The second-order valence-electron chi connectivity index (χ2n) is 11.2. The van der Waals surface area contributed by atoms with Crippen LogP contribution in [0.2, 0.25) is 0 Å². The molecule has 0 spiro atoms. The van der Waals surface area contributed by atoms with Crippen LogP contribution in [-0.2, 0) is 9.59 Å². The molecule has 28 heavy (non-hydrogen) atoms. The number of ketones is 1. The number of Topliss-reactive ketones (excluding diaryl/α,β-unsaturated/α-hetero) is 1. The van der Waals surface area contributed by atoms with Gasteiger partial charge in [0.2, 0.25) is 0 Å². The molecule has 4 rings (SSSR count). The molecule has 4 aliphatic rings. The minimum absolute atomic E-state index is 0.187. The van der Waals surface area contributed by atoms with Crippen LogP contribution in [-0.4, -0.2) is 28.1 Å². The first-order valence-electron chi connectivity index (χ1n) is 11.6. The van der Waals surface area contributed by atoms with Crippen LogP contribution in [0.3, 0.4) is 0 Å². The number of carbonyl (C=O) groups excluding carboxylic acids is 1.